The van der Waals surface area contributed by atoms with E-state index in [4.69, 9.17) is 0 Å². The van der Waals surface area contributed by atoms with Crippen molar-refractivity contribution in [2.45, 2.75) is 19.3 Å². The van der Waals surface area contributed by atoms with E-state index < -0.39 is 10.0 Å². The molecule has 0 radical (unpaired) electrons. The number of carbonyl (C=O) groups excluding carboxylic acids is 1. The molecule has 0 saturated carbocycles. The van der Waals surface area contributed by atoms with E-state index in [2.05, 4.69) is 18.2 Å². The highest BCUT2D eigenvalue weighted by molar-refractivity contribution is 7.88. The summed E-state index contributed by atoms with van der Waals surface area (Å²) in [6.45, 7) is 1.91. The second kappa shape index (κ2) is 6.79. The molecule has 0 spiro atoms. The van der Waals surface area contributed by atoms with Gasteiger partial charge in [-0.05, 0) is 42.0 Å². The molecule has 1 saturated heterocycles. The van der Waals surface area contributed by atoms with E-state index in [1.165, 1.54) is 32.1 Å². The monoisotopic (exact) mass is 390 g/mol. The zero-order valence-electron chi connectivity index (χ0n) is 14.8. The first-order valence-corrected chi connectivity index (χ1v) is 11.6. The van der Waals surface area contributed by atoms with Crippen LogP contribution >= 0.6 is 11.3 Å². The molecule has 0 unspecified atom stereocenters. The lowest BCUT2D eigenvalue weighted by Gasteiger charge is -2.20. The summed E-state index contributed by atoms with van der Waals surface area (Å²) in [5.74, 6) is 0.0252. The number of thiophene rings is 1. The van der Waals surface area contributed by atoms with E-state index in [-0.39, 0.29) is 5.91 Å². The van der Waals surface area contributed by atoms with Crippen LogP contribution in [0.2, 0.25) is 0 Å². The molecule has 2 aromatic rings. The van der Waals surface area contributed by atoms with Crippen molar-refractivity contribution in [3.05, 3.63) is 46.3 Å². The number of rotatable bonds is 2. The lowest BCUT2D eigenvalue weighted by Crippen LogP contribution is -2.36. The summed E-state index contributed by atoms with van der Waals surface area (Å²) in [7, 11) is -3.20. The molecule has 1 aromatic carbocycles. The first-order chi connectivity index (χ1) is 12.4. The Labute approximate surface area is 158 Å². The van der Waals surface area contributed by atoms with Crippen LogP contribution in [0.5, 0.6) is 0 Å². The number of amides is 1. The molecule has 138 valence electrons. The largest absolute Gasteiger partial charge is 0.337 e. The average molecular weight is 391 g/mol. The molecular weight excluding hydrogens is 368 g/mol. The Kier molecular flexibility index (Phi) is 4.62. The van der Waals surface area contributed by atoms with Crippen molar-refractivity contribution in [2.24, 2.45) is 0 Å². The summed E-state index contributed by atoms with van der Waals surface area (Å²) in [5, 5.41) is 0. The number of fused-ring (bicyclic) bond motifs is 3. The number of benzene rings is 1. The quantitative estimate of drug-likeness (QED) is 0.792. The van der Waals surface area contributed by atoms with Gasteiger partial charge in [-0.15, -0.1) is 11.3 Å². The van der Waals surface area contributed by atoms with Crippen LogP contribution in [0.3, 0.4) is 0 Å². The standard InChI is InChI=1S/C19H22N2O3S2/c1-26(23,24)21-10-4-9-20(11-12-21)19(22)17-13-15-8-7-14-5-2-3-6-16(14)18(15)25-17/h2-3,5-6,13H,4,7-12H2,1H3. The predicted octanol–water partition coefficient (Wildman–Crippen LogP) is 2.62. The number of hydrogen-bond donors (Lipinski definition) is 0. The minimum atomic E-state index is -3.20. The summed E-state index contributed by atoms with van der Waals surface area (Å²) in [6, 6.07) is 10.4. The molecule has 7 heteroatoms. The van der Waals surface area contributed by atoms with Gasteiger partial charge in [-0.3, -0.25) is 4.79 Å². The molecule has 0 bridgehead atoms. The molecule has 0 atom stereocenters. The topological polar surface area (TPSA) is 57.7 Å². The highest BCUT2D eigenvalue weighted by Crippen LogP contribution is 2.39. The number of carbonyl (C=O) groups is 1. The van der Waals surface area contributed by atoms with Crippen molar-refractivity contribution in [1.29, 1.82) is 0 Å². The summed E-state index contributed by atoms with van der Waals surface area (Å²) < 4.78 is 25.0. The molecule has 2 aliphatic rings. The molecule has 1 aliphatic heterocycles. The van der Waals surface area contributed by atoms with Gasteiger partial charge in [0.25, 0.3) is 5.91 Å². The highest BCUT2D eigenvalue weighted by atomic mass is 32.2. The molecule has 0 N–H and O–H groups in total. The fourth-order valence-corrected chi connectivity index (χ4v) is 5.87. The van der Waals surface area contributed by atoms with Crippen molar-refractivity contribution >= 4 is 27.3 Å². The van der Waals surface area contributed by atoms with Gasteiger partial charge in [0.15, 0.2) is 0 Å². The summed E-state index contributed by atoms with van der Waals surface area (Å²) in [6.07, 6.45) is 3.89. The number of sulfonamides is 1. The molecule has 1 fully saturated rings. The maximum atomic E-state index is 13.0. The van der Waals surface area contributed by atoms with Gasteiger partial charge in [0, 0.05) is 31.1 Å². The van der Waals surface area contributed by atoms with Gasteiger partial charge < -0.3 is 4.90 Å². The Balaban J connectivity index is 1.56. The first kappa shape index (κ1) is 17.7. The van der Waals surface area contributed by atoms with Gasteiger partial charge in [0.1, 0.15) is 0 Å². The Morgan fingerprint density at radius 2 is 1.81 bits per heavy atom. The SMILES string of the molecule is CS(=O)(=O)N1CCCN(C(=O)c2cc3c(s2)-c2ccccc2CC3)CC1. The fraction of sp³-hybridized carbons (Fsp3) is 0.421. The Morgan fingerprint density at radius 1 is 1.04 bits per heavy atom. The molecule has 1 aromatic heterocycles. The van der Waals surface area contributed by atoms with Gasteiger partial charge >= 0.3 is 0 Å². The smallest absolute Gasteiger partial charge is 0.263 e. The number of nitrogens with zero attached hydrogens (tertiary/aromatic N) is 2. The molecule has 5 nitrogen and oxygen atoms in total. The lowest BCUT2D eigenvalue weighted by atomic mass is 9.91. The van der Waals surface area contributed by atoms with Crippen molar-refractivity contribution in [1.82, 2.24) is 9.21 Å². The molecule has 1 aliphatic carbocycles. The highest BCUT2D eigenvalue weighted by Gasteiger charge is 2.27. The predicted molar refractivity (Wildman–Crippen MR) is 104 cm³/mol. The van der Waals surface area contributed by atoms with E-state index in [0.29, 0.717) is 32.6 Å². The van der Waals surface area contributed by atoms with E-state index in [1.54, 1.807) is 16.2 Å². The van der Waals surface area contributed by atoms with Crippen LogP contribution in [-0.4, -0.2) is 56.0 Å². The zero-order chi connectivity index (χ0) is 18.3. The molecular formula is C19H22N2O3S2. The molecule has 1 amide bonds. The second-order valence-corrected chi connectivity index (χ2v) is 9.96. The van der Waals surface area contributed by atoms with Gasteiger partial charge in [-0.1, -0.05) is 24.3 Å². The lowest BCUT2D eigenvalue weighted by molar-refractivity contribution is 0.0769. The molecule has 26 heavy (non-hydrogen) atoms. The third-order valence-electron chi connectivity index (χ3n) is 5.16. The van der Waals surface area contributed by atoms with E-state index in [0.717, 1.165) is 17.7 Å². The summed E-state index contributed by atoms with van der Waals surface area (Å²) >= 11 is 1.57. The first-order valence-electron chi connectivity index (χ1n) is 8.89. The third kappa shape index (κ3) is 3.31. The van der Waals surface area contributed by atoms with Crippen LogP contribution in [0.15, 0.2) is 30.3 Å². The Morgan fingerprint density at radius 3 is 2.62 bits per heavy atom. The maximum Gasteiger partial charge on any atom is 0.263 e. The van der Waals surface area contributed by atoms with Crippen molar-refractivity contribution in [3.63, 3.8) is 0 Å². The van der Waals surface area contributed by atoms with Crippen molar-refractivity contribution in [2.75, 3.05) is 32.4 Å². The van der Waals surface area contributed by atoms with Crippen molar-refractivity contribution in [3.8, 4) is 10.4 Å². The van der Waals surface area contributed by atoms with Gasteiger partial charge in [-0.2, -0.15) is 0 Å². The van der Waals surface area contributed by atoms with Crippen LogP contribution < -0.4 is 0 Å². The van der Waals surface area contributed by atoms with Gasteiger partial charge in [0.05, 0.1) is 11.1 Å². The van der Waals surface area contributed by atoms with Crippen LogP contribution in [0.25, 0.3) is 10.4 Å². The van der Waals surface area contributed by atoms with Crippen LogP contribution in [0.4, 0.5) is 0 Å². The van der Waals surface area contributed by atoms with E-state index in [9.17, 15) is 13.2 Å². The summed E-state index contributed by atoms with van der Waals surface area (Å²) in [4.78, 5) is 16.8. The molecule has 4 rings (SSSR count). The van der Waals surface area contributed by atoms with E-state index >= 15 is 0 Å². The second-order valence-electron chi connectivity index (χ2n) is 6.93. The van der Waals surface area contributed by atoms with Crippen LogP contribution in [-0.2, 0) is 22.9 Å². The number of hydrogen-bond acceptors (Lipinski definition) is 4. The maximum absolute atomic E-state index is 13.0. The third-order valence-corrected chi connectivity index (χ3v) is 7.66. The zero-order valence-corrected chi connectivity index (χ0v) is 16.4. The van der Waals surface area contributed by atoms with Gasteiger partial charge in [-0.25, -0.2) is 12.7 Å². The summed E-state index contributed by atoms with van der Waals surface area (Å²) in [5.41, 5.74) is 3.85. The number of aryl methyl sites for hydroxylation is 2. The van der Waals surface area contributed by atoms with Gasteiger partial charge in [0.2, 0.25) is 10.0 Å². The van der Waals surface area contributed by atoms with Crippen LogP contribution in [0.1, 0.15) is 27.2 Å². The Hall–Kier alpha value is -1.70. The normalized spacial score (nSPS) is 18.1. The fourth-order valence-electron chi connectivity index (χ4n) is 3.76. The molecule has 2 heterocycles. The Bertz CT molecular complexity index is 949. The van der Waals surface area contributed by atoms with E-state index in [1.807, 2.05) is 12.1 Å². The minimum absolute atomic E-state index is 0.0252. The van der Waals surface area contributed by atoms with Crippen molar-refractivity contribution < 1.29 is 13.2 Å². The van der Waals surface area contributed by atoms with Crippen LogP contribution in [0, 0.1) is 0 Å². The average Bonchev–Trinajstić information content (AvgIpc) is 2.89. The minimum Gasteiger partial charge on any atom is -0.337 e.